The van der Waals surface area contributed by atoms with Crippen LogP contribution in [-0.4, -0.2) is 23.0 Å². The lowest BCUT2D eigenvalue weighted by Gasteiger charge is -2.33. The number of alkyl halides is 3. The summed E-state index contributed by atoms with van der Waals surface area (Å²) in [6.45, 7) is 6.15. The van der Waals surface area contributed by atoms with E-state index in [4.69, 9.17) is 0 Å². The molecule has 0 aromatic rings. The van der Waals surface area contributed by atoms with Gasteiger partial charge in [-0.25, -0.2) is 0 Å². The minimum absolute atomic E-state index is 0.0560. The fourth-order valence-corrected chi connectivity index (χ4v) is 1.93. The Bertz CT molecular complexity index is 327. The van der Waals surface area contributed by atoms with Gasteiger partial charge in [0.05, 0.1) is 12.0 Å². The standard InChI is InChI=1S/C13H20F3NO/c1-5-8-9-17(10(4)18)12(7-3)11(6-2)13(14,15)16/h11-12H,5-7H2,1-4H3. The van der Waals surface area contributed by atoms with Crippen molar-refractivity contribution in [3.8, 4) is 12.0 Å². The maximum atomic E-state index is 12.9. The van der Waals surface area contributed by atoms with E-state index in [9.17, 15) is 18.0 Å². The smallest absolute Gasteiger partial charge is 0.274 e. The lowest BCUT2D eigenvalue weighted by atomic mass is 9.93. The van der Waals surface area contributed by atoms with Gasteiger partial charge >= 0.3 is 6.18 Å². The van der Waals surface area contributed by atoms with Crippen LogP contribution in [0, 0.1) is 17.9 Å². The third kappa shape index (κ3) is 4.59. The molecule has 0 rings (SSSR count). The Morgan fingerprint density at radius 3 is 2.06 bits per heavy atom. The van der Waals surface area contributed by atoms with Gasteiger partial charge in [-0.05, 0) is 12.8 Å². The summed E-state index contributed by atoms with van der Waals surface area (Å²) >= 11 is 0. The Hall–Kier alpha value is -1.18. The molecule has 18 heavy (non-hydrogen) atoms. The second kappa shape index (κ2) is 7.30. The number of nitrogens with zero attached hydrogens (tertiary/aromatic N) is 1. The first-order chi connectivity index (χ1) is 8.29. The molecule has 0 aromatic carbocycles. The summed E-state index contributed by atoms with van der Waals surface area (Å²) in [4.78, 5) is 12.5. The molecule has 0 aromatic heterocycles. The van der Waals surface area contributed by atoms with E-state index in [1.807, 2.05) is 0 Å². The van der Waals surface area contributed by atoms with Crippen molar-refractivity contribution >= 4 is 5.91 Å². The van der Waals surface area contributed by atoms with Crippen molar-refractivity contribution in [3.05, 3.63) is 0 Å². The van der Waals surface area contributed by atoms with E-state index >= 15 is 0 Å². The molecule has 1 amide bonds. The van der Waals surface area contributed by atoms with Crippen LogP contribution in [-0.2, 0) is 4.79 Å². The molecule has 0 aliphatic heterocycles. The molecule has 0 aliphatic rings. The molecule has 2 atom stereocenters. The average Bonchev–Trinajstić information content (AvgIpc) is 2.25. The molecule has 0 bridgehead atoms. The highest BCUT2D eigenvalue weighted by Gasteiger charge is 2.45. The van der Waals surface area contributed by atoms with Gasteiger partial charge in [-0.3, -0.25) is 9.69 Å². The number of rotatable bonds is 4. The molecule has 2 nitrogen and oxygen atoms in total. The van der Waals surface area contributed by atoms with E-state index in [-0.39, 0.29) is 12.8 Å². The van der Waals surface area contributed by atoms with Crippen molar-refractivity contribution < 1.29 is 18.0 Å². The molecule has 0 fully saturated rings. The van der Waals surface area contributed by atoms with Crippen molar-refractivity contribution in [2.75, 3.05) is 0 Å². The molecule has 5 heteroatoms. The number of hydrogen-bond donors (Lipinski definition) is 0. The Labute approximate surface area is 107 Å². The summed E-state index contributed by atoms with van der Waals surface area (Å²) in [6.07, 6.45) is -3.63. The SMILES string of the molecule is CCC#CN(C(C)=O)C(CC)C(CC)C(F)(F)F. The zero-order chi connectivity index (χ0) is 14.3. The molecule has 0 heterocycles. The van der Waals surface area contributed by atoms with Gasteiger partial charge in [-0.2, -0.15) is 13.2 Å². The zero-order valence-electron chi connectivity index (χ0n) is 11.3. The zero-order valence-corrected chi connectivity index (χ0v) is 11.3. The first kappa shape index (κ1) is 16.8. The van der Waals surface area contributed by atoms with Crippen LogP contribution in [0.1, 0.15) is 47.0 Å². The lowest BCUT2D eigenvalue weighted by Crippen LogP contribution is -2.45. The molecular weight excluding hydrogens is 243 g/mol. The van der Waals surface area contributed by atoms with Crippen molar-refractivity contribution in [3.63, 3.8) is 0 Å². The first-order valence-electron chi connectivity index (χ1n) is 6.14. The van der Waals surface area contributed by atoms with Crippen LogP contribution in [0.3, 0.4) is 0 Å². The topological polar surface area (TPSA) is 20.3 Å². The molecule has 0 N–H and O–H groups in total. The van der Waals surface area contributed by atoms with Gasteiger partial charge < -0.3 is 0 Å². The van der Waals surface area contributed by atoms with Gasteiger partial charge in [0.25, 0.3) is 0 Å². The quantitative estimate of drug-likeness (QED) is 0.561. The predicted molar refractivity (Wildman–Crippen MR) is 64.5 cm³/mol. The molecule has 2 unspecified atom stereocenters. The molecular formula is C13H20F3NO. The average molecular weight is 263 g/mol. The highest BCUT2D eigenvalue weighted by Crippen LogP contribution is 2.34. The fraction of sp³-hybridized carbons (Fsp3) is 0.769. The predicted octanol–water partition coefficient (Wildman–Crippen LogP) is 3.57. The van der Waals surface area contributed by atoms with Crippen LogP contribution in [0.4, 0.5) is 13.2 Å². The minimum atomic E-state index is -4.31. The summed E-state index contributed by atoms with van der Waals surface area (Å²) in [7, 11) is 0. The third-order valence-corrected chi connectivity index (χ3v) is 2.79. The Morgan fingerprint density at radius 1 is 1.22 bits per heavy atom. The maximum absolute atomic E-state index is 12.9. The number of amides is 1. The van der Waals surface area contributed by atoms with E-state index in [0.717, 1.165) is 4.90 Å². The molecule has 0 saturated carbocycles. The summed E-state index contributed by atoms with van der Waals surface area (Å²) in [5.41, 5.74) is 0. The monoisotopic (exact) mass is 263 g/mol. The van der Waals surface area contributed by atoms with Crippen LogP contribution in [0.15, 0.2) is 0 Å². The van der Waals surface area contributed by atoms with Gasteiger partial charge in [-0.1, -0.05) is 26.7 Å². The second-order valence-corrected chi connectivity index (χ2v) is 4.06. The number of hydrogen-bond acceptors (Lipinski definition) is 1. The summed E-state index contributed by atoms with van der Waals surface area (Å²) in [6, 6.07) is 1.63. The van der Waals surface area contributed by atoms with Gasteiger partial charge in [0.2, 0.25) is 5.91 Å². The minimum Gasteiger partial charge on any atom is -0.274 e. The van der Waals surface area contributed by atoms with Crippen LogP contribution in [0.5, 0.6) is 0 Å². The van der Waals surface area contributed by atoms with Crippen LogP contribution in [0.2, 0.25) is 0 Å². The van der Waals surface area contributed by atoms with Gasteiger partial charge in [-0.15, -0.1) is 0 Å². The largest absolute Gasteiger partial charge is 0.393 e. The summed E-state index contributed by atoms with van der Waals surface area (Å²) in [5.74, 6) is 0.693. The van der Waals surface area contributed by atoms with Crippen molar-refractivity contribution in [1.82, 2.24) is 4.90 Å². The second-order valence-electron chi connectivity index (χ2n) is 4.06. The van der Waals surface area contributed by atoms with Crippen LogP contribution >= 0.6 is 0 Å². The lowest BCUT2D eigenvalue weighted by molar-refractivity contribution is -0.190. The summed E-state index contributed by atoms with van der Waals surface area (Å²) < 4.78 is 38.8. The highest BCUT2D eigenvalue weighted by molar-refractivity contribution is 5.75. The van der Waals surface area contributed by atoms with E-state index in [1.54, 1.807) is 13.8 Å². The first-order valence-corrected chi connectivity index (χ1v) is 6.14. The van der Waals surface area contributed by atoms with Crippen LogP contribution in [0.25, 0.3) is 0 Å². The molecule has 0 aliphatic carbocycles. The van der Waals surface area contributed by atoms with E-state index in [1.165, 1.54) is 13.8 Å². The van der Waals surface area contributed by atoms with Gasteiger partial charge in [0.15, 0.2) is 0 Å². The Morgan fingerprint density at radius 2 is 1.78 bits per heavy atom. The molecule has 0 saturated heterocycles. The molecule has 104 valence electrons. The highest BCUT2D eigenvalue weighted by atomic mass is 19.4. The molecule has 0 radical (unpaired) electrons. The Balaban J connectivity index is 5.28. The van der Waals surface area contributed by atoms with E-state index in [2.05, 4.69) is 12.0 Å². The number of carbonyl (C=O) groups is 1. The fourth-order valence-electron chi connectivity index (χ4n) is 1.93. The third-order valence-electron chi connectivity index (χ3n) is 2.79. The normalized spacial score (nSPS) is 14.4. The van der Waals surface area contributed by atoms with Crippen molar-refractivity contribution in [2.45, 2.75) is 59.2 Å². The van der Waals surface area contributed by atoms with Gasteiger partial charge in [0, 0.05) is 19.4 Å². The van der Waals surface area contributed by atoms with Crippen LogP contribution < -0.4 is 0 Å². The molecule has 0 spiro atoms. The number of carbonyl (C=O) groups excluding carboxylic acids is 1. The summed E-state index contributed by atoms with van der Waals surface area (Å²) in [5, 5.41) is 0. The van der Waals surface area contributed by atoms with Gasteiger partial charge in [0.1, 0.15) is 0 Å². The Kier molecular flexibility index (Phi) is 6.82. The maximum Gasteiger partial charge on any atom is 0.393 e. The van der Waals surface area contributed by atoms with Crippen molar-refractivity contribution in [1.29, 1.82) is 0 Å². The number of halogens is 3. The van der Waals surface area contributed by atoms with E-state index < -0.39 is 24.0 Å². The van der Waals surface area contributed by atoms with Crippen molar-refractivity contribution in [2.24, 2.45) is 5.92 Å². The van der Waals surface area contributed by atoms with E-state index in [0.29, 0.717) is 6.42 Å².